The topological polar surface area (TPSA) is 70.7 Å². The van der Waals surface area contributed by atoms with E-state index in [1.807, 2.05) is 11.4 Å². The Labute approximate surface area is 123 Å². The molecule has 0 aliphatic rings. The van der Waals surface area contributed by atoms with Crippen molar-refractivity contribution in [2.24, 2.45) is 0 Å². The van der Waals surface area contributed by atoms with Gasteiger partial charge in [-0.2, -0.15) is 0 Å². The second kappa shape index (κ2) is 5.84. The van der Waals surface area contributed by atoms with Crippen LogP contribution in [-0.4, -0.2) is 15.2 Å². The van der Waals surface area contributed by atoms with Gasteiger partial charge < -0.3 is 5.32 Å². The number of benzene rings is 1. The lowest BCUT2D eigenvalue weighted by molar-refractivity contribution is 0.612. The van der Waals surface area contributed by atoms with Crippen molar-refractivity contribution in [2.75, 3.05) is 5.32 Å². The Hall–Kier alpha value is -2.54. The first-order chi connectivity index (χ1) is 10.2. The van der Waals surface area contributed by atoms with E-state index < -0.39 is 0 Å². The Balaban J connectivity index is 1.77. The van der Waals surface area contributed by atoms with Crippen LogP contribution in [0.25, 0.3) is 10.6 Å². The zero-order valence-corrected chi connectivity index (χ0v) is 11.7. The van der Waals surface area contributed by atoms with Crippen molar-refractivity contribution in [2.45, 2.75) is 6.54 Å². The van der Waals surface area contributed by atoms with Crippen LogP contribution in [0.4, 0.5) is 10.3 Å². The van der Waals surface area contributed by atoms with Crippen LogP contribution < -0.4 is 10.9 Å². The Morgan fingerprint density at radius 1 is 1.19 bits per heavy atom. The van der Waals surface area contributed by atoms with Gasteiger partial charge in [0.2, 0.25) is 5.95 Å². The second-order valence-corrected chi connectivity index (χ2v) is 5.22. The van der Waals surface area contributed by atoms with Crippen LogP contribution in [0.1, 0.15) is 5.56 Å². The lowest BCUT2D eigenvalue weighted by Crippen LogP contribution is -2.16. The van der Waals surface area contributed by atoms with Crippen molar-refractivity contribution < 1.29 is 4.39 Å². The summed E-state index contributed by atoms with van der Waals surface area (Å²) in [7, 11) is 0. The molecule has 0 unspecified atom stereocenters. The van der Waals surface area contributed by atoms with Gasteiger partial charge in [-0.25, -0.2) is 4.39 Å². The van der Waals surface area contributed by atoms with Crippen LogP contribution in [0.15, 0.2) is 46.6 Å². The molecule has 5 nitrogen and oxygen atoms in total. The number of H-pyrrole nitrogens is 1. The van der Waals surface area contributed by atoms with Gasteiger partial charge in [0.25, 0.3) is 5.56 Å². The summed E-state index contributed by atoms with van der Waals surface area (Å²) in [6, 6.07) is 10.0. The molecular weight excluding hydrogens is 291 g/mol. The predicted molar refractivity (Wildman–Crippen MR) is 79.7 cm³/mol. The molecule has 1 aromatic carbocycles. The first-order valence-electron chi connectivity index (χ1n) is 6.22. The van der Waals surface area contributed by atoms with E-state index in [4.69, 9.17) is 0 Å². The van der Waals surface area contributed by atoms with Crippen molar-refractivity contribution in [3.63, 3.8) is 0 Å². The van der Waals surface area contributed by atoms with Crippen LogP contribution in [0, 0.1) is 5.82 Å². The van der Waals surface area contributed by atoms with E-state index in [0.29, 0.717) is 5.56 Å². The number of halogens is 1. The minimum absolute atomic E-state index is 0.212. The van der Waals surface area contributed by atoms with Gasteiger partial charge in [-0.3, -0.25) is 9.78 Å². The largest absolute Gasteiger partial charge is 0.350 e. The number of aromatic amines is 1. The normalized spacial score (nSPS) is 10.5. The Morgan fingerprint density at radius 2 is 2.05 bits per heavy atom. The molecule has 2 heterocycles. The molecule has 3 aromatic rings. The molecule has 0 radical (unpaired) electrons. The molecule has 0 amide bonds. The first kappa shape index (κ1) is 13.4. The Kier molecular flexibility index (Phi) is 3.74. The number of anilines is 1. The maximum atomic E-state index is 13.5. The summed E-state index contributed by atoms with van der Waals surface area (Å²) in [4.78, 5) is 15.3. The molecule has 0 atom stereocenters. The molecule has 0 fully saturated rings. The monoisotopic (exact) mass is 302 g/mol. The van der Waals surface area contributed by atoms with E-state index in [0.717, 1.165) is 4.88 Å². The third-order valence-electron chi connectivity index (χ3n) is 2.86. The average molecular weight is 302 g/mol. The highest BCUT2D eigenvalue weighted by molar-refractivity contribution is 7.13. The zero-order valence-electron chi connectivity index (χ0n) is 10.8. The Morgan fingerprint density at radius 3 is 2.76 bits per heavy atom. The molecule has 7 heteroatoms. The van der Waals surface area contributed by atoms with Gasteiger partial charge in [-0.1, -0.05) is 24.3 Å². The molecule has 3 rings (SSSR count). The SMILES string of the molecule is O=c1[nH]c(NCc2ccccc2F)nnc1-c1cccs1. The molecule has 0 saturated carbocycles. The van der Waals surface area contributed by atoms with Gasteiger partial charge in [0.05, 0.1) is 4.88 Å². The third kappa shape index (κ3) is 2.97. The molecule has 0 aliphatic heterocycles. The fraction of sp³-hybridized carbons (Fsp3) is 0.0714. The quantitative estimate of drug-likeness (QED) is 0.777. The fourth-order valence-corrected chi connectivity index (χ4v) is 2.52. The predicted octanol–water partition coefficient (Wildman–Crippen LogP) is 2.64. The van der Waals surface area contributed by atoms with Crippen molar-refractivity contribution >= 4 is 17.3 Å². The van der Waals surface area contributed by atoms with E-state index in [9.17, 15) is 9.18 Å². The third-order valence-corrected chi connectivity index (χ3v) is 3.73. The zero-order chi connectivity index (χ0) is 14.7. The summed E-state index contributed by atoms with van der Waals surface area (Å²) in [6.45, 7) is 0.218. The van der Waals surface area contributed by atoms with Crippen LogP contribution in [0.5, 0.6) is 0 Å². The van der Waals surface area contributed by atoms with Gasteiger partial charge in [0.15, 0.2) is 5.69 Å². The molecule has 21 heavy (non-hydrogen) atoms. The molecule has 0 aliphatic carbocycles. The molecule has 0 spiro atoms. The van der Waals surface area contributed by atoms with Crippen LogP contribution in [0.2, 0.25) is 0 Å². The van der Waals surface area contributed by atoms with Gasteiger partial charge >= 0.3 is 0 Å². The number of hydrogen-bond acceptors (Lipinski definition) is 5. The fourth-order valence-electron chi connectivity index (χ4n) is 1.81. The molecule has 0 saturated heterocycles. The molecule has 2 N–H and O–H groups in total. The Bertz CT molecular complexity index is 801. The average Bonchev–Trinajstić information content (AvgIpc) is 3.00. The van der Waals surface area contributed by atoms with E-state index >= 15 is 0 Å². The van der Waals surface area contributed by atoms with Crippen LogP contribution in [-0.2, 0) is 6.54 Å². The van der Waals surface area contributed by atoms with E-state index in [1.165, 1.54) is 17.4 Å². The smallest absolute Gasteiger partial charge is 0.279 e. The minimum Gasteiger partial charge on any atom is -0.350 e. The molecule has 0 bridgehead atoms. The summed E-state index contributed by atoms with van der Waals surface area (Å²) < 4.78 is 13.5. The van der Waals surface area contributed by atoms with Crippen molar-refractivity contribution in [1.82, 2.24) is 15.2 Å². The van der Waals surface area contributed by atoms with E-state index in [1.54, 1.807) is 24.3 Å². The number of nitrogens with zero attached hydrogens (tertiary/aromatic N) is 2. The van der Waals surface area contributed by atoms with Gasteiger partial charge in [-0.05, 0) is 17.5 Å². The standard InChI is InChI=1S/C14H11FN4OS/c15-10-5-2-1-4-9(10)8-16-14-17-13(20)12(18-19-14)11-6-3-7-21-11/h1-7H,8H2,(H2,16,17,19,20). The van der Waals surface area contributed by atoms with Gasteiger partial charge in [0, 0.05) is 12.1 Å². The number of hydrogen-bond donors (Lipinski definition) is 2. The number of aromatic nitrogens is 3. The molecular formula is C14H11FN4OS. The molecule has 106 valence electrons. The van der Waals surface area contributed by atoms with Crippen molar-refractivity contribution in [3.8, 4) is 10.6 Å². The molecule has 2 aromatic heterocycles. The summed E-state index contributed by atoms with van der Waals surface area (Å²) in [6.07, 6.45) is 0. The minimum atomic E-state index is -0.330. The lowest BCUT2D eigenvalue weighted by atomic mass is 10.2. The maximum Gasteiger partial charge on any atom is 0.279 e. The maximum absolute atomic E-state index is 13.5. The van der Waals surface area contributed by atoms with Crippen molar-refractivity contribution in [3.05, 3.63) is 63.5 Å². The second-order valence-electron chi connectivity index (χ2n) is 4.27. The highest BCUT2D eigenvalue weighted by Gasteiger charge is 2.08. The number of nitrogens with one attached hydrogen (secondary N) is 2. The van der Waals surface area contributed by atoms with E-state index in [-0.39, 0.29) is 29.6 Å². The van der Waals surface area contributed by atoms with Crippen LogP contribution >= 0.6 is 11.3 Å². The first-order valence-corrected chi connectivity index (χ1v) is 7.10. The van der Waals surface area contributed by atoms with Gasteiger partial charge in [-0.15, -0.1) is 21.5 Å². The lowest BCUT2D eigenvalue weighted by Gasteiger charge is -2.06. The summed E-state index contributed by atoms with van der Waals surface area (Å²) in [5, 5.41) is 12.5. The van der Waals surface area contributed by atoms with Crippen LogP contribution in [0.3, 0.4) is 0 Å². The highest BCUT2D eigenvalue weighted by Crippen LogP contribution is 2.18. The summed E-state index contributed by atoms with van der Waals surface area (Å²) >= 11 is 1.42. The van der Waals surface area contributed by atoms with Gasteiger partial charge in [0.1, 0.15) is 5.82 Å². The van der Waals surface area contributed by atoms with E-state index in [2.05, 4.69) is 20.5 Å². The summed E-state index contributed by atoms with van der Waals surface area (Å²) in [5.41, 5.74) is 0.437. The van der Waals surface area contributed by atoms with Crippen molar-refractivity contribution in [1.29, 1.82) is 0 Å². The number of rotatable bonds is 4. The number of thiophene rings is 1. The highest BCUT2D eigenvalue weighted by atomic mass is 32.1. The summed E-state index contributed by atoms with van der Waals surface area (Å²) in [5.74, 6) is -0.0981.